The predicted octanol–water partition coefficient (Wildman–Crippen LogP) is 6.54. The van der Waals surface area contributed by atoms with Crippen molar-refractivity contribution >= 4 is 15.6 Å². The maximum Gasteiger partial charge on any atom is 0.451 e. The molecule has 0 aliphatic heterocycles. The predicted molar refractivity (Wildman–Crippen MR) is 119 cm³/mol. The smallest absolute Gasteiger partial charge is 0.294 e. The van der Waals surface area contributed by atoms with Crippen molar-refractivity contribution in [2.45, 2.75) is 74.4 Å². The van der Waals surface area contributed by atoms with Gasteiger partial charge in [0.1, 0.15) is 0 Å². The second kappa shape index (κ2) is 10.1. The van der Waals surface area contributed by atoms with E-state index in [4.69, 9.17) is 0 Å². The van der Waals surface area contributed by atoms with Gasteiger partial charge in [0.2, 0.25) is 5.82 Å². The van der Waals surface area contributed by atoms with Crippen LogP contribution in [-0.2, 0) is 22.2 Å². The number of hydrogen-bond acceptors (Lipinski definition) is 5. The molecule has 5 nitrogen and oxygen atoms in total. The zero-order valence-corrected chi connectivity index (χ0v) is 20.5. The van der Waals surface area contributed by atoms with Crippen molar-refractivity contribution in [3.05, 3.63) is 53.6 Å². The van der Waals surface area contributed by atoms with Gasteiger partial charge in [0.05, 0.1) is 20.8 Å². The molecule has 0 saturated heterocycles. The number of rotatable bonds is 9. The van der Waals surface area contributed by atoms with Gasteiger partial charge < -0.3 is 0 Å². The van der Waals surface area contributed by atoms with E-state index in [0.717, 1.165) is 37.4 Å². The Morgan fingerprint density at radius 1 is 0.972 bits per heavy atom. The number of ketones is 1. The molecule has 1 fully saturated rings. The molecule has 0 N–H and O–H groups in total. The molecule has 0 bridgehead atoms. The Morgan fingerprint density at radius 2 is 1.58 bits per heavy atom. The molecule has 1 aliphatic carbocycles. The van der Waals surface area contributed by atoms with Gasteiger partial charge in [-0.3, -0.25) is 4.79 Å². The van der Waals surface area contributed by atoms with E-state index in [2.05, 4.69) is 9.97 Å². The van der Waals surface area contributed by atoms with E-state index < -0.39 is 38.3 Å². The summed E-state index contributed by atoms with van der Waals surface area (Å²) in [6.45, 7) is 3.03. The number of aromatic nitrogens is 2. The van der Waals surface area contributed by atoms with Crippen LogP contribution < -0.4 is 0 Å². The molecule has 3 rings (SSSR count). The summed E-state index contributed by atoms with van der Waals surface area (Å²) in [5.41, 5.74) is -1.00. The van der Waals surface area contributed by atoms with Crippen LogP contribution in [0.4, 0.5) is 26.3 Å². The van der Waals surface area contributed by atoms with Crippen LogP contribution >= 0.6 is 0 Å². The van der Waals surface area contributed by atoms with E-state index in [9.17, 15) is 39.6 Å². The average molecular weight is 537 g/mol. The van der Waals surface area contributed by atoms with Crippen LogP contribution in [0.25, 0.3) is 0 Å². The maximum atomic E-state index is 13.1. The van der Waals surface area contributed by atoms with Gasteiger partial charge in [-0.2, -0.15) is 26.3 Å². The lowest BCUT2D eigenvalue weighted by Crippen LogP contribution is -2.38. The van der Waals surface area contributed by atoms with E-state index >= 15 is 0 Å². The quantitative estimate of drug-likeness (QED) is 0.269. The minimum absolute atomic E-state index is 0.0102. The van der Waals surface area contributed by atoms with E-state index in [1.807, 2.05) is 0 Å². The second-order valence-electron chi connectivity index (χ2n) is 9.80. The largest absolute Gasteiger partial charge is 0.451 e. The highest BCUT2D eigenvalue weighted by Gasteiger charge is 2.42. The van der Waals surface area contributed by atoms with Gasteiger partial charge in [0, 0.05) is 18.8 Å². The normalized spacial score (nSPS) is 19.1. The maximum absolute atomic E-state index is 13.1. The van der Waals surface area contributed by atoms with Crippen LogP contribution in [0.3, 0.4) is 0 Å². The summed E-state index contributed by atoms with van der Waals surface area (Å²) < 4.78 is 101. The molecule has 36 heavy (non-hydrogen) atoms. The molecule has 1 saturated carbocycles. The van der Waals surface area contributed by atoms with Crippen molar-refractivity contribution in [2.24, 2.45) is 11.8 Å². The van der Waals surface area contributed by atoms with Crippen LogP contribution in [0.2, 0.25) is 0 Å². The first-order valence-electron chi connectivity index (χ1n) is 11.3. The number of hydrogen-bond donors (Lipinski definition) is 0. The Hall–Kier alpha value is -2.50. The Labute approximate surface area is 205 Å². The third-order valence-corrected chi connectivity index (χ3v) is 9.05. The van der Waals surface area contributed by atoms with Crippen molar-refractivity contribution in [1.82, 2.24) is 9.97 Å². The highest BCUT2D eigenvalue weighted by Crippen LogP contribution is 2.44. The zero-order valence-electron chi connectivity index (χ0n) is 19.7. The van der Waals surface area contributed by atoms with E-state index in [-0.39, 0.29) is 34.5 Å². The summed E-state index contributed by atoms with van der Waals surface area (Å²) in [7, 11) is -4.01. The van der Waals surface area contributed by atoms with Crippen LogP contribution in [-0.4, -0.2) is 28.9 Å². The molecule has 0 radical (unpaired) electrons. The number of sulfone groups is 1. The average Bonchev–Trinajstić information content (AvgIpc) is 2.76. The third kappa shape index (κ3) is 6.43. The van der Waals surface area contributed by atoms with Gasteiger partial charge in [-0.15, -0.1) is 0 Å². The molecule has 0 spiro atoms. The van der Waals surface area contributed by atoms with Crippen molar-refractivity contribution in [2.75, 3.05) is 0 Å². The number of benzene rings is 1. The fraction of sp³-hybridized carbons (Fsp3) is 0.542. The molecule has 12 heteroatoms. The minimum Gasteiger partial charge on any atom is -0.294 e. The van der Waals surface area contributed by atoms with Crippen LogP contribution in [0.5, 0.6) is 0 Å². The molecule has 198 valence electrons. The summed E-state index contributed by atoms with van der Waals surface area (Å²) >= 11 is 0. The molecule has 0 amide bonds. The van der Waals surface area contributed by atoms with Crippen LogP contribution in [0, 0.1) is 11.8 Å². The number of halogens is 6. The molecule has 2 aromatic rings. The Kier molecular flexibility index (Phi) is 7.88. The molecule has 1 aliphatic rings. The lowest BCUT2D eigenvalue weighted by atomic mass is 9.69. The monoisotopic (exact) mass is 536 g/mol. The summed E-state index contributed by atoms with van der Waals surface area (Å²) in [4.78, 5) is 18.2. The number of alkyl halides is 6. The van der Waals surface area contributed by atoms with Gasteiger partial charge in [0.15, 0.2) is 15.6 Å². The fourth-order valence-corrected chi connectivity index (χ4v) is 6.19. The minimum atomic E-state index is -4.68. The van der Waals surface area contributed by atoms with E-state index in [0.29, 0.717) is 25.3 Å². The summed E-state index contributed by atoms with van der Waals surface area (Å²) in [5.74, 6) is -1.30. The lowest BCUT2D eigenvalue weighted by Gasteiger charge is -2.40. The molecule has 1 aromatic carbocycles. The molecule has 1 heterocycles. The van der Waals surface area contributed by atoms with E-state index in [1.165, 1.54) is 19.9 Å². The van der Waals surface area contributed by atoms with Gasteiger partial charge >= 0.3 is 12.4 Å². The van der Waals surface area contributed by atoms with Gasteiger partial charge in [-0.25, -0.2) is 18.4 Å². The standard InChI is InChI=1S/C24H26F6N2O3S/c1-22(2,36(34,35)19-7-4-6-18(11-19)23(25,26)27)12-16-9-15(10-16)5-3-8-20(33)17-13-31-21(32-14-17)24(28,29)30/h4,6-7,11,13-16H,3,5,8-10,12H2,1-2H3. The number of carbonyl (C=O) groups is 1. The lowest BCUT2D eigenvalue weighted by molar-refractivity contribution is -0.145. The Morgan fingerprint density at radius 3 is 2.14 bits per heavy atom. The molecular formula is C24H26F6N2O3S. The van der Waals surface area contributed by atoms with Gasteiger partial charge in [-0.1, -0.05) is 6.07 Å². The summed E-state index contributed by atoms with van der Waals surface area (Å²) in [6.07, 6.45) is -4.47. The van der Waals surface area contributed by atoms with Crippen LogP contribution in [0.1, 0.15) is 74.1 Å². The Balaban J connectivity index is 1.48. The van der Waals surface area contributed by atoms with Crippen molar-refractivity contribution in [1.29, 1.82) is 0 Å². The van der Waals surface area contributed by atoms with E-state index in [1.54, 1.807) is 0 Å². The topological polar surface area (TPSA) is 77.0 Å². The number of Topliss-reactive ketones (excluding diaryl/α,β-unsaturated/α-hetero) is 1. The molecule has 1 aromatic heterocycles. The number of carbonyl (C=O) groups excluding carboxylic acids is 1. The van der Waals surface area contributed by atoms with Crippen molar-refractivity contribution in [3.8, 4) is 0 Å². The first kappa shape index (κ1) is 28.1. The van der Waals surface area contributed by atoms with Gasteiger partial charge in [-0.05, 0) is 76.0 Å². The summed E-state index contributed by atoms with van der Waals surface area (Å²) in [6, 6.07) is 3.76. The number of nitrogens with zero attached hydrogens (tertiary/aromatic N) is 2. The zero-order chi connectivity index (χ0) is 26.9. The second-order valence-corrected chi connectivity index (χ2v) is 12.4. The third-order valence-electron chi connectivity index (χ3n) is 6.56. The SMILES string of the molecule is CC(C)(CC1CC(CCCC(=O)c2cnc(C(F)(F)F)nc2)C1)S(=O)(=O)c1cccc(C(F)(F)F)c1. The first-order chi connectivity index (χ1) is 16.5. The van der Waals surface area contributed by atoms with Crippen molar-refractivity contribution < 1.29 is 39.6 Å². The highest BCUT2D eigenvalue weighted by molar-refractivity contribution is 7.92. The highest BCUT2D eigenvalue weighted by atomic mass is 32.2. The van der Waals surface area contributed by atoms with Gasteiger partial charge in [0.25, 0.3) is 0 Å². The van der Waals surface area contributed by atoms with Crippen molar-refractivity contribution in [3.63, 3.8) is 0 Å². The Bertz CT molecular complexity index is 1190. The molecule has 0 unspecified atom stereocenters. The molecular weight excluding hydrogens is 510 g/mol. The van der Waals surface area contributed by atoms with Crippen LogP contribution in [0.15, 0.2) is 41.6 Å². The first-order valence-corrected chi connectivity index (χ1v) is 12.8. The summed E-state index contributed by atoms with van der Waals surface area (Å²) in [5, 5.41) is 0. The molecule has 0 atom stereocenters. The fourth-order valence-electron chi connectivity index (χ4n) is 4.55.